The van der Waals surface area contributed by atoms with Crippen LogP contribution in [0.25, 0.3) is 0 Å². The van der Waals surface area contributed by atoms with Crippen molar-refractivity contribution in [3.05, 3.63) is 94.6 Å². The van der Waals surface area contributed by atoms with E-state index in [-0.39, 0.29) is 23.3 Å². The lowest BCUT2D eigenvalue weighted by Gasteiger charge is -2.44. The lowest BCUT2D eigenvalue weighted by Crippen LogP contribution is -2.48. The van der Waals surface area contributed by atoms with Gasteiger partial charge in [-0.1, -0.05) is 36.4 Å². The number of likely N-dealkylation sites (N-methyl/N-ethyl adjacent to an activating group) is 1. The number of ether oxygens (including phenoxy) is 2. The van der Waals surface area contributed by atoms with Crippen molar-refractivity contribution in [1.29, 1.82) is 0 Å². The minimum atomic E-state index is -0.504. The summed E-state index contributed by atoms with van der Waals surface area (Å²) >= 11 is 0. The van der Waals surface area contributed by atoms with E-state index in [1.54, 1.807) is 50.4 Å². The van der Waals surface area contributed by atoms with E-state index in [2.05, 4.69) is 10.2 Å². The predicted octanol–water partition coefficient (Wildman–Crippen LogP) is 5.19. The molecule has 0 radical (unpaired) electrons. The molecule has 0 saturated carbocycles. The molecule has 7 heteroatoms. The van der Waals surface area contributed by atoms with Crippen LogP contribution < -0.4 is 14.8 Å². The van der Waals surface area contributed by atoms with Gasteiger partial charge in [-0.25, -0.2) is 8.78 Å². The third kappa shape index (κ3) is 5.53. The molecule has 0 unspecified atom stereocenters. The molecule has 0 spiro atoms. The Morgan fingerprint density at radius 3 is 2.38 bits per heavy atom. The summed E-state index contributed by atoms with van der Waals surface area (Å²) in [5, 5.41) is 3.17. The van der Waals surface area contributed by atoms with E-state index in [1.165, 1.54) is 19.2 Å². The van der Waals surface area contributed by atoms with Gasteiger partial charge in [0, 0.05) is 55.1 Å². The Kier molecular flexibility index (Phi) is 8.56. The van der Waals surface area contributed by atoms with Crippen molar-refractivity contribution < 1.29 is 23.0 Å². The standard InChI is InChI=1S/C30H34F2N2O3/c1-19-22(10-6-12-26(19)31)28-24(23-11-7-13-27(32)30(23)37-4)17-34(15-14-33-2)18-25(28)29(35)20-8-5-9-21(16-20)36-3/h5-13,16,24-25,28,33H,14-15,17-18H2,1-4H3/t24-,25+,28-/m1/s1. The number of hydrogen-bond donors (Lipinski definition) is 1. The largest absolute Gasteiger partial charge is 0.497 e. The van der Waals surface area contributed by atoms with E-state index < -0.39 is 17.7 Å². The Morgan fingerprint density at radius 2 is 1.68 bits per heavy atom. The molecule has 0 aromatic heterocycles. The highest BCUT2D eigenvalue weighted by Gasteiger charge is 2.44. The summed E-state index contributed by atoms with van der Waals surface area (Å²) in [5.41, 5.74) is 2.46. The van der Waals surface area contributed by atoms with Gasteiger partial charge in [-0.05, 0) is 49.4 Å². The molecule has 1 N–H and O–H groups in total. The van der Waals surface area contributed by atoms with Crippen LogP contribution in [0.15, 0.2) is 60.7 Å². The molecule has 0 aliphatic carbocycles. The minimum absolute atomic E-state index is 0.0536. The number of nitrogens with one attached hydrogen (secondary N) is 1. The number of rotatable bonds is 9. The molecule has 37 heavy (non-hydrogen) atoms. The fourth-order valence-corrected chi connectivity index (χ4v) is 5.57. The van der Waals surface area contributed by atoms with Crippen molar-refractivity contribution in [3.63, 3.8) is 0 Å². The molecule has 0 bridgehead atoms. The lowest BCUT2D eigenvalue weighted by molar-refractivity contribution is 0.0739. The average molecular weight is 509 g/mol. The van der Waals surface area contributed by atoms with E-state index in [0.29, 0.717) is 42.1 Å². The van der Waals surface area contributed by atoms with Gasteiger partial charge >= 0.3 is 0 Å². The molecule has 1 aliphatic heterocycles. The lowest BCUT2D eigenvalue weighted by atomic mass is 9.67. The summed E-state index contributed by atoms with van der Waals surface area (Å²) in [4.78, 5) is 16.4. The highest BCUT2D eigenvalue weighted by molar-refractivity contribution is 5.99. The fourth-order valence-electron chi connectivity index (χ4n) is 5.57. The number of hydrogen-bond acceptors (Lipinski definition) is 5. The first-order chi connectivity index (χ1) is 17.9. The molecule has 5 nitrogen and oxygen atoms in total. The van der Waals surface area contributed by atoms with E-state index in [4.69, 9.17) is 9.47 Å². The molecule has 196 valence electrons. The van der Waals surface area contributed by atoms with Gasteiger partial charge in [0.2, 0.25) is 0 Å². The second kappa shape index (κ2) is 11.8. The summed E-state index contributed by atoms with van der Waals surface area (Å²) in [7, 11) is 4.90. The van der Waals surface area contributed by atoms with Crippen LogP contribution in [0.1, 0.15) is 38.9 Å². The third-order valence-electron chi connectivity index (χ3n) is 7.42. The third-order valence-corrected chi connectivity index (χ3v) is 7.42. The van der Waals surface area contributed by atoms with E-state index in [1.807, 2.05) is 19.2 Å². The normalized spacial score (nSPS) is 20.0. The second-order valence-corrected chi connectivity index (χ2v) is 9.51. The molecule has 1 fully saturated rings. The summed E-state index contributed by atoms with van der Waals surface area (Å²) in [6.07, 6.45) is 0. The van der Waals surface area contributed by atoms with Crippen LogP contribution in [-0.4, -0.2) is 58.1 Å². The monoisotopic (exact) mass is 508 g/mol. The van der Waals surface area contributed by atoms with E-state index in [9.17, 15) is 13.6 Å². The van der Waals surface area contributed by atoms with Crippen molar-refractivity contribution in [2.45, 2.75) is 18.8 Å². The SMILES string of the molecule is CNCCN1C[C@H](C(=O)c2cccc(OC)c2)[C@H](c2cccc(F)c2C)[C@@H](c2cccc(F)c2OC)C1. The number of piperidine rings is 1. The highest BCUT2D eigenvalue weighted by atomic mass is 19.1. The van der Waals surface area contributed by atoms with Crippen LogP contribution in [0.2, 0.25) is 0 Å². The second-order valence-electron chi connectivity index (χ2n) is 9.51. The molecular weight excluding hydrogens is 474 g/mol. The summed E-state index contributed by atoms with van der Waals surface area (Å²) in [6, 6.07) is 17.0. The molecule has 4 rings (SSSR count). The molecule has 3 atom stereocenters. The summed E-state index contributed by atoms with van der Waals surface area (Å²) in [5.74, 6) is -1.29. The van der Waals surface area contributed by atoms with Crippen LogP contribution >= 0.6 is 0 Å². The van der Waals surface area contributed by atoms with E-state index in [0.717, 1.165) is 12.1 Å². The van der Waals surface area contributed by atoms with Crippen molar-refractivity contribution in [3.8, 4) is 11.5 Å². The van der Waals surface area contributed by atoms with Crippen molar-refractivity contribution in [2.24, 2.45) is 5.92 Å². The Labute approximate surface area is 217 Å². The first kappa shape index (κ1) is 26.8. The average Bonchev–Trinajstić information content (AvgIpc) is 2.92. The van der Waals surface area contributed by atoms with Gasteiger partial charge in [0.25, 0.3) is 0 Å². The fraction of sp³-hybridized carbons (Fsp3) is 0.367. The maximum atomic E-state index is 14.9. The highest BCUT2D eigenvalue weighted by Crippen LogP contribution is 2.48. The first-order valence-electron chi connectivity index (χ1n) is 12.5. The van der Waals surface area contributed by atoms with Gasteiger partial charge in [-0.15, -0.1) is 0 Å². The number of nitrogens with zero attached hydrogens (tertiary/aromatic N) is 1. The number of para-hydroxylation sites is 1. The van der Waals surface area contributed by atoms with Crippen LogP contribution in [0.4, 0.5) is 8.78 Å². The predicted molar refractivity (Wildman–Crippen MR) is 141 cm³/mol. The maximum absolute atomic E-state index is 14.9. The number of likely N-dealkylation sites (tertiary alicyclic amines) is 1. The quantitative estimate of drug-likeness (QED) is 0.403. The van der Waals surface area contributed by atoms with Gasteiger partial charge < -0.3 is 19.7 Å². The summed E-state index contributed by atoms with van der Waals surface area (Å²) in [6.45, 7) is 4.25. The topological polar surface area (TPSA) is 50.8 Å². The Hall–Kier alpha value is -3.29. The number of halogens is 2. The zero-order valence-corrected chi connectivity index (χ0v) is 21.8. The molecule has 1 aliphatic rings. The van der Waals surface area contributed by atoms with Crippen LogP contribution in [0.5, 0.6) is 11.5 Å². The molecular formula is C30H34F2N2O3. The molecule has 1 saturated heterocycles. The van der Waals surface area contributed by atoms with Crippen LogP contribution in [-0.2, 0) is 0 Å². The van der Waals surface area contributed by atoms with Crippen molar-refractivity contribution in [1.82, 2.24) is 10.2 Å². The number of carbonyl (C=O) groups is 1. The van der Waals surface area contributed by atoms with Crippen LogP contribution in [0.3, 0.4) is 0 Å². The van der Waals surface area contributed by atoms with Gasteiger partial charge in [-0.3, -0.25) is 4.79 Å². The molecule has 3 aromatic rings. The van der Waals surface area contributed by atoms with E-state index >= 15 is 0 Å². The number of methoxy groups -OCH3 is 2. The van der Waals surface area contributed by atoms with Gasteiger partial charge in [0.1, 0.15) is 11.6 Å². The smallest absolute Gasteiger partial charge is 0.167 e. The summed E-state index contributed by atoms with van der Waals surface area (Å²) < 4.78 is 40.6. The number of Topliss-reactive ketones (excluding diaryl/α,β-unsaturated/α-hetero) is 1. The van der Waals surface area contributed by atoms with Crippen molar-refractivity contribution >= 4 is 5.78 Å². The minimum Gasteiger partial charge on any atom is -0.497 e. The van der Waals surface area contributed by atoms with Gasteiger partial charge in [-0.2, -0.15) is 0 Å². The maximum Gasteiger partial charge on any atom is 0.167 e. The molecule has 0 amide bonds. The Balaban J connectivity index is 1.91. The molecule has 1 heterocycles. The van der Waals surface area contributed by atoms with Gasteiger partial charge in [0.05, 0.1) is 14.2 Å². The van der Waals surface area contributed by atoms with Gasteiger partial charge in [0.15, 0.2) is 17.3 Å². The Bertz CT molecular complexity index is 1250. The van der Waals surface area contributed by atoms with Crippen LogP contribution in [0, 0.1) is 24.5 Å². The van der Waals surface area contributed by atoms with Crippen molar-refractivity contribution in [2.75, 3.05) is 47.4 Å². The number of benzene rings is 3. The molecule has 3 aromatic carbocycles. The first-order valence-corrected chi connectivity index (χ1v) is 12.5. The Morgan fingerprint density at radius 1 is 0.973 bits per heavy atom. The zero-order valence-electron chi connectivity index (χ0n) is 21.8. The number of carbonyl (C=O) groups excluding carboxylic acids is 1. The zero-order chi connectivity index (χ0) is 26.5. The number of ketones is 1.